The third-order valence-electron chi connectivity index (χ3n) is 2.92. The molecule has 76 valence electrons. The van der Waals surface area contributed by atoms with Gasteiger partial charge in [0.2, 0.25) is 0 Å². The number of aliphatic hydroxyl groups is 1. The van der Waals surface area contributed by atoms with Crippen molar-refractivity contribution < 1.29 is 9.84 Å². The number of hydrogen-bond acceptors (Lipinski definition) is 2. The molecule has 0 spiro atoms. The largest absolute Gasteiger partial charge is 0.389 e. The first-order valence-electron chi connectivity index (χ1n) is 5.01. The Morgan fingerprint density at radius 2 is 2.00 bits per heavy atom. The van der Waals surface area contributed by atoms with Gasteiger partial charge in [-0.1, -0.05) is 30.3 Å². The molecule has 0 atom stereocenters. The van der Waals surface area contributed by atoms with E-state index < -0.39 is 5.60 Å². The minimum atomic E-state index is -0.526. The fourth-order valence-electron chi connectivity index (χ4n) is 2.07. The molecule has 0 radical (unpaired) electrons. The molecule has 0 aromatic heterocycles. The maximum absolute atomic E-state index is 10.1. The van der Waals surface area contributed by atoms with E-state index in [4.69, 9.17) is 4.74 Å². The second kappa shape index (κ2) is 3.71. The quantitative estimate of drug-likeness (QED) is 0.791. The minimum Gasteiger partial charge on any atom is -0.389 e. The summed E-state index contributed by atoms with van der Waals surface area (Å²) in [7, 11) is 1.70. The second-order valence-corrected chi connectivity index (χ2v) is 4.15. The first kappa shape index (κ1) is 9.69. The molecule has 0 unspecified atom stereocenters. The number of ether oxygens (including phenoxy) is 1. The number of methoxy groups -OCH3 is 1. The van der Waals surface area contributed by atoms with Crippen LogP contribution >= 0.6 is 0 Å². The van der Waals surface area contributed by atoms with Crippen molar-refractivity contribution in [1.82, 2.24) is 0 Å². The number of benzene rings is 1. The number of rotatable bonds is 3. The lowest BCUT2D eigenvalue weighted by Gasteiger charge is -2.42. The van der Waals surface area contributed by atoms with Crippen LogP contribution in [0.4, 0.5) is 0 Å². The fraction of sp³-hybridized carbons (Fsp3) is 0.500. The van der Waals surface area contributed by atoms with Crippen LogP contribution in [0.5, 0.6) is 0 Å². The van der Waals surface area contributed by atoms with Gasteiger partial charge in [0, 0.05) is 26.4 Å². The molecule has 14 heavy (non-hydrogen) atoms. The Labute approximate surface area is 84.5 Å². The van der Waals surface area contributed by atoms with E-state index in [2.05, 4.69) is 12.1 Å². The maximum atomic E-state index is 10.1. The molecule has 0 amide bonds. The van der Waals surface area contributed by atoms with Crippen molar-refractivity contribution in [2.75, 3.05) is 7.11 Å². The van der Waals surface area contributed by atoms with E-state index in [1.165, 1.54) is 5.56 Å². The van der Waals surface area contributed by atoms with Crippen molar-refractivity contribution in [2.24, 2.45) is 0 Å². The normalized spacial score (nSPS) is 31.1. The summed E-state index contributed by atoms with van der Waals surface area (Å²) in [5.41, 5.74) is 0.673. The van der Waals surface area contributed by atoms with Gasteiger partial charge in [0.25, 0.3) is 0 Å². The highest BCUT2D eigenvalue weighted by atomic mass is 16.5. The number of hydrogen-bond donors (Lipinski definition) is 1. The van der Waals surface area contributed by atoms with Crippen LogP contribution in [0.1, 0.15) is 18.4 Å². The molecule has 1 aromatic carbocycles. The second-order valence-electron chi connectivity index (χ2n) is 4.15. The van der Waals surface area contributed by atoms with E-state index in [0.717, 1.165) is 19.3 Å². The van der Waals surface area contributed by atoms with Gasteiger partial charge >= 0.3 is 0 Å². The van der Waals surface area contributed by atoms with Crippen LogP contribution < -0.4 is 0 Å². The zero-order valence-corrected chi connectivity index (χ0v) is 8.44. The van der Waals surface area contributed by atoms with Crippen LogP contribution in [-0.4, -0.2) is 23.9 Å². The molecule has 1 aliphatic rings. The molecule has 1 aromatic rings. The first-order chi connectivity index (χ1) is 6.72. The molecule has 2 rings (SSSR count). The highest BCUT2D eigenvalue weighted by Crippen LogP contribution is 2.36. The SMILES string of the molecule is COC1CC(O)(Cc2ccccc2)C1. The monoisotopic (exact) mass is 192 g/mol. The lowest BCUT2D eigenvalue weighted by molar-refractivity contribution is -0.126. The molecule has 1 aliphatic carbocycles. The molecule has 0 heterocycles. The van der Waals surface area contributed by atoms with Gasteiger partial charge in [0.05, 0.1) is 11.7 Å². The van der Waals surface area contributed by atoms with E-state index in [-0.39, 0.29) is 6.10 Å². The summed E-state index contributed by atoms with van der Waals surface area (Å²) in [6.45, 7) is 0. The average Bonchev–Trinajstić information content (AvgIpc) is 2.15. The highest BCUT2D eigenvalue weighted by Gasteiger charge is 2.42. The standard InChI is InChI=1S/C12H16O2/c1-14-11-8-12(13,9-11)7-10-5-3-2-4-6-10/h2-6,11,13H,7-9H2,1H3. The molecular weight excluding hydrogens is 176 g/mol. The Morgan fingerprint density at radius 3 is 2.57 bits per heavy atom. The highest BCUT2D eigenvalue weighted by molar-refractivity contribution is 5.18. The van der Waals surface area contributed by atoms with E-state index in [1.807, 2.05) is 18.2 Å². The van der Waals surface area contributed by atoms with E-state index >= 15 is 0 Å². The summed E-state index contributed by atoms with van der Waals surface area (Å²) < 4.78 is 5.16. The lowest BCUT2D eigenvalue weighted by Crippen LogP contribution is -2.49. The lowest BCUT2D eigenvalue weighted by atomic mass is 9.74. The van der Waals surface area contributed by atoms with Gasteiger partial charge in [-0.2, -0.15) is 0 Å². The molecule has 0 bridgehead atoms. The Hall–Kier alpha value is -0.860. The zero-order chi connectivity index (χ0) is 10.0. The predicted molar refractivity (Wildman–Crippen MR) is 55.1 cm³/mol. The van der Waals surface area contributed by atoms with Gasteiger partial charge in [0.15, 0.2) is 0 Å². The fourth-order valence-corrected chi connectivity index (χ4v) is 2.07. The minimum absolute atomic E-state index is 0.253. The van der Waals surface area contributed by atoms with Crippen LogP contribution in [0, 0.1) is 0 Å². The van der Waals surface area contributed by atoms with E-state index in [0.29, 0.717) is 0 Å². The van der Waals surface area contributed by atoms with E-state index in [1.54, 1.807) is 7.11 Å². The Morgan fingerprint density at radius 1 is 1.36 bits per heavy atom. The first-order valence-corrected chi connectivity index (χ1v) is 5.01. The molecule has 1 saturated carbocycles. The van der Waals surface area contributed by atoms with Gasteiger partial charge in [-0.15, -0.1) is 0 Å². The maximum Gasteiger partial charge on any atom is 0.0737 e. The summed E-state index contributed by atoms with van der Waals surface area (Å²) in [6, 6.07) is 10.1. The molecule has 1 fully saturated rings. The van der Waals surface area contributed by atoms with Gasteiger partial charge in [0.1, 0.15) is 0 Å². The molecule has 1 N–H and O–H groups in total. The summed E-state index contributed by atoms with van der Waals surface area (Å²) in [4.78, 5) is 0. The van der Waals surface area contributed by atoms with Gasteiger partial charge in [-0.25, -0.2) is 0 Å². The topological polar surface area (TPSA) is 29.5 Å². The third kappa shape index (κ3) is 1.97. The van der Waals surface area contributed by atoms with Crippen LogP contribution in [0.15, 0.2) is 30.3 Å². The third-order valence-corrected chi connectivity index (χ3v) is 2.92. The van der Waals surface area contributed by atoms with Crippen LogP contribution in [0.3, 0.4) is 0 Å². The van der Waals surface area contributed by atoms with Crippen LogP contribution in [-0.2, 0) is 11.2 Å². The summed E-state index contributed by atoms with van der Waals surface area (Å²) in [5.74, 6) is 0. The molecule has 2 heteroatoms. The Balaban J connectivity index is 1.93. The molecular formula is C12H16O2. The summed E-state index contributed by atoms with van der Waals surface area (Å²) >= 11 is 0. The van der Waals surface area contributed by atoms with Crippen molar-refractivity contribution in [3.05, 3.63) is 35.9 Å². The summed E-state index contributed by atoms with van der Waals surface area (Å²) in [5, 5.41) is 10.1. The van der Waals surface area contributed by atoms with Crippen LogP contribution in [0.25, 0.3) is 0 Å². The van der Waals surface area contributed by atoms with Gasteiger partial charge in [-0.05, 0) is 5.56 Å². The smallest absolute Gasteiger partial charge is 0.0737 e. The van der Waals surface area contributed by atoms with Crippen molar-refractivity contribution >= 4 is 0 Å². The summed E-state index contributed by atoms with van der Waals surface area (Å²) in [6.07, 6.45) is 2.52. The zero-order valence-electron chi connectivity index (χ0n) is 8.44. The Bertz CT molecular complexity index is 288. The predicted octanol–water partition coefficient (Wildman–Crippen LogP) is 1.77. The van der Waals surface area contributed by atoms with Crippen molar-refractivity contribution in [2.45, 2.75) is 31.0 Å². The van der Waals surface area contributed by atoms with Crippen molar-refractivity contribution in [1.29, 1.82) is 0 Å². The average molecular weight is 192 g/mol. The molecule has 2 nitrogen and oxygen atoms in total. The van der Waals surface area contributed by atoms with E-state index in [9.17, 15) is 5.11 Å². The van der Waals surface area contributed by atoms with Crippen LogP contribution in [0.2, 0.25) is 0 Å². The van der Waals surface area contributed by atoms with Gasteiger partial charge < -0.3 is 9.84 Å². The van der Waals surface area contributed by atoms with Crippen molar-refractivity contribution in [3.8, 4) is 0 Å². The molecule has 0 aliphatic heterocycles. The Kier molecular flexibility index (Phi) is 2.57. The molecule has 0 saturated heterocycles. The van der Waals surface area contributed by atoms with Crippen molar-refractivity contribution in [3.63, 3.8) is 0 Å². The van der Waals surface area contributed by atoms with Gasteiger partial charge in [-0.3, -0.25) is 0 Å².